The standard InChI is InChI=1S/C26H26F3N3O5/c1-35-19-7-8-21(20(14-19)26(27,28)29)37-18-5-3-16(4-6-18)15-31-24(34)25(10-11-25)32-23(33)17-9-12-30-22(13-17)36-2/h3-9,12-14,23,32-33H,10-11,15H2,1-2H3,(H,31,34). The summed E-state index contributed by atoms with van der Waals surface area (Å²) in [5.74, 6) is 0.0211. The van der Waals surface area contributed by atoms with Crippen molar-refractivity contribution < 1.29 is 37.3 Å². The molecule has 1 amide bonds. The smallest absolute Gasteiger partial charge is 0.420 e. The van der Waals surface area contributed by atoms with E-state index in [1.165, 1.54) is 44.7 Å². The molecule has 1 atom stereocenters. The van der Waals surface area contributed by atoms with Gasteiger partial charge in [-0.3, -0.25) is 10.1 Å². The Morgan fingerprint density at radius 3 is 2.38 bits per heavy atom. The molecule has 4 rings (SSSR count). The van der Waals surface area contributed by atoms with Gasteiger partial charge in [0, 0.05) is 24.4 Å². The van der Waals surface area contributed by atoms with Crippen LogP contribution >= 0.6 is 0 Å². The zero-order chi connectivity index (χ0) is 26.6. The van der Waals surface area contributed by atoms with Crippen LogP contribution in [-0.2, 0) is 17.5 Å². The van der Waals surface area contributed by atoms with E-state index in [-0.39, 0.29) is 29.7 Å². The van der Waals surface area contributed by atoms with Gasteiger partial charge in [-0.25, -0.2) is 4.98 Å². The average Bonchev–Trinajstić information content (AvgIpc) is 3.68. The van der Waals surface area contributed by atoms with Crippen molar-refractivity contribution in [1.82, 2.24) is 15.6 Å². The van der Waals surface area contributed by atoms with Crippen LogP contribution in [0.3, 0.4) is 0 Å². The highest BCUT2D eigenvalue weighted by Crippen LogP contribution is 2.40. The highest BCUT2D eigenvalue weighted by Gasteiger charge is 2.50. The number of benzene rings is 2. The molecule has 1 aliphatic carbocycles. The molecule has 1 fully saturated rings. The second kappa shape index (κ2) is 10.7. The minimum absolute atomic E-state index is 0.0710. The first kappa shape index (κ1) is 26.2. The third-order valence-corrected chi connectivity index (χ3v) is 5.98. The number of aliphatic hydroxyl groups excluding tert-OH is 1. The maximum absolute atomic E-state index is 13.4. The number of amides is 1. The van der Waals surface area contributed by atoms with Crippen LogP contribution in [0.4, 0.5) is 13.2 Å². The first-order chi connectivity index (χ1) is 17.6. The third kappa shape index (κ3) is 6.30. The molecule has 2 aromatic carbocycles. The lowest BCUT2D eigenvalue weighted by atomic mass is 10.1. The first-order valence-corrected chi connectivity index (χ1v) is 11.4. The zero-order valence-corrected chi connectivity index (χ0v) is 20.1. The lowest BCUT2D eigenvalue weighted by Crippen LogP contribution is -2.47. The number of hydrogen-bond acceptors (Lipinski definition) is 7. The number of aliphatic hydroxyl groups is 1. The van der Waals surface area contributed by atoms with Crippen molar-refractivity contribution in [3.05, 3.63) is 77.5 Å². The van der Waals surface area contributed by atoms with Gasteiger partial charge in [0.05, 0.1) is 14.2 Å². The van der Waals surface area contributed by atoms with Crippen LogP contribution in [-0.4, -0.2) is 35.8 Å². The molecule has 1 unspecified atom stereocenters. The number of carbonyl (C=O) groups excluding carboxylic acids is 1. The van der Waals surface area contributed by atoms with E-state index in [2.05, 4.69) is 15.6 Å². The van der Waals surface area contributed by atoms with Crippen molar-refractivity contribution in [2.24, 2.45) is 0 Å². The van der Waals surface area contributed by atoms with E-state index in [1.807, 2.05) is 0 Å². The predicted molar refractivity (Wildman–Crippen MR) is 127 cm³/mol. The van der Waals surface area contributed by atoms with Crippen LogP contribution in [0, 0.1) is 0 Å². The van der Waals surface area contributed by atoms with Crippen molar-refractivity contribution in [1.29, 1.82) is 0 Å². The Hall–Kier alpha value is -3.83. The quantitative estimate of drug-likeness (QED) is 0.344. The highest BCUT2D eigenvalue weighted by atomic mass is 19.4. The Kier molecular flexibility index (Phi) is 7.55. The zero-order valence-electron chi connectivity index (χ0n) is 20.1. The number of hydrogen-bond donors (Lipinski definition) is 3. The average molecular weight is 518 g/mol. The molecule has 1 saturated carbocycles. The van der Waals surface area contributed by atoms with Crippen LogP contribution in [0.25, 0.3) is 0 Å². The number of aromatic nitrogens is 1. The summed E-state index contributed by atoms with van der Waals surface area (Å²) in [6.07, 6.45) is -3.06. The van der Waals surface area contributed by atoms with Gasteiger partial charge < -0.3 is 24.6 Å². The monoisotopic (exact) mass is 517 g/mol. The molecule has 0 aliphatic heterocycles. The SMILES string of the molecule is COc1ccc(Oc2ccc(CNC(=O)C3(NC(O)c4ccnc(OC)c4)CC3)cc2)c(C(F)(F)F)c1. The molecule has 3 N–H and O–H groups in total. The molecule has 0 bridgehead atoms. The summed E-state index contributed by atoms with van der Waals surface area (Å²) in [6, 6.07) is 13.0. The lowest BCUT2D eigenvalue weighted by Gasteiger charge is -2.22. The van der Waals surface area contributed by atoms with Crippen LogP contribution in [0.5, 0.6) is 23.1 Å². The minimum atomic E-state index is -4.61. The normalized spacial score (nSPS) is 15.0. The van der Waals surface area contributed by atoms with Crippen molar-refractivity contribution in [2.45, 2.75) is 37.3 Å². The molecule has 37 heavy (non-hydrogen) atoms. The maximum atomic E-state index is 13.4. The van der Waals surface area contributed by atoms with Gasteiger partial charge in [-0.15, -0.1) is 0 Å². The van der Waals surface area contributed by atoms with E-state index in [9.17, 15) is 23.1 Å². The largest absolute Gasteiger partial charge is 0.497 e. The fourth-order valence-electron chi connectivity index (χ4n) is 3.71. The number of halogens is 3. The molecule has 196 valence electrons. The number of carbonyl (C=O) groups is 1. The molecule has 0 spiro atoms. The second-order valence-electron chi connectivity index (χ2n) is 8.55. The summed E-state index contributed by atoms with van der Waals surface area (Å²) in [5, 5.41) is 16.3. The summed E-state index contributed by atoms with van der Waals surface area (Å²) >= 11 is 0. The number of nitrogens with one attached hydrogen (secondary N) is 2. The summed E-state index contributed by atoms with van der Waals surface area (Å²) in [5.41, 5.74) is -0.590. The van der Waals surface area contributed by atoms with E-state index in [0.29, 0.717) is 24.3 Å². The number of ether oxygens (including phenoxy) is 3. The Bertz CT molecular complexity index is 1250. The van der Waals surface area contributed by atoms with E-state index in [0.717, 1.165) is 11.6 Å². The van der Waals surface area contributed by atoms with Gasteiger partial charge in [0.15, 0.2) is 0 Å². The molecule has 1 aliphatic rings. The number of rotatable bonds is 10. The maximum Gasteiger partial charge on any atom is 0.420 e. The summed E-state index contributed by atoms with van der Waals surface area (Å²) in [4.78, 5) is 16.8. The van der Waals surface area contributed by atoms with E-state index in [1.54, 1.807) is 24.3 Å². The lowest BCUT2D eigenvalue weighted by molar-refractivity contribution is -0.138. The van der Waals surface area contributed by atoms with Gasteiger partial charge in [0.2, 0.25) is 11.8 Å². The van der Waals surface area contributed by atoms with Crippen LogP contribution < -0.4 is 24.8 Å². The fraction of sp³-hybridized carbons (Fsp3) is 0.308. The summed E-state index contributed by atoms with van der Waals surface area (Å²) in [6.45, 7) is 0.193. The van der Waals surface area contributed by atoms with Crippen LogP contribution in [0.15, 0.2) is 60.8 Å². The number of methoxy groups -OCH3 is 2. The second-order valence-corrected chi connectivity index (χ2v) is 8.55. The van der Waals surface area contributed by atoms with Gasteiger partial charge in [0.25, 0.3) is 0 Å². The molecular weight excluding hydrogens is 491 g/mol. The van der Waals surface area contributed by atoms with Gasteiger partial charge in [-0.05, 0) is 54.8 Å². The predicted octanol–water partition coefficient (Wildman–Crippen LogP) is 4.34. The van der Waals surface area contributed by atoms with Crippen molar-refractivity contribution in [2.75, 3.05) is 14.2 Å². The fourth-order valence-corrected chi connectivity index (χ4v) is 3.71. The number of pyridine rings is 1. The molecule has 1 aromatic heterocycles. The molecular formula is C26H26F3N3O5. The Morgan fingerprint density at radius 1 is 1.05 bits per heavy atom. The minimum Gasteiger partial charge on any atom is -0.497 e. The van der Waals surface area contributed by atoms with Crippen LogP contribution in [0.2, 0.25) is 0 Å². The topological polar surface area (TPSA) is 102 Å². The number of alkyl halides is 3. The van der Waals surface area contributed by atoms with E-state index < -0.39 is 23.5 Å². The third-order valence-electron chi connectivity index (χ3n) is 5.98. The molecule has 8 nitrogen and oxygen atoms in total. The molecule has 0 radical (unpaired) electrons. The molecule has 3 aromatic rings. The van der Waals surface area contributed by atoms with Gasteiger partial charge in [-0.2, -0.15) is 13.2 Å². The Labute approximate surface area is 211 Å². The Morgan fingerprint density at radius 2 is 1.76 bits per heavy atom. The summed E-state index contributed by atoms with van der Waals surface area (Å²) in [7, 11) is 2.76. The first-order valence-electron chi connectivity index (χ1n) is 11.4. The molecule has 11 heteroatoms. The van der Waals surface area contributed by atoms with Crippen molar-refractivity contribution in [3.63, 3.8) is 0 Å². The highest BCUT2D eigenvalue weighted by molar-refractivity contribution is 5.89. The van der Waals surface area contributed by atoms with Gasteiger partial charge in [0.1, 0.15) is 34.6 Å². The van der Waals surface area contributed by atoms with Gasteiger partial charge >= 0.3 is 6.18 Å². The van der Waals surface area contributed by atoms with Crippen LogP contribution in [0.1, 0.15) is 35.8 Å². The van der Waals surface area contributed by atoms with E-state index in [4.69, 9.17) is 14.2 Å². The van der Waals surface area contributed by atoms with Crippen molar-refractivity contribution in [3.8, 4) is 23.1 Å². The molecule has 0 saturated heterocycles. The van der Waals surface area contributed by atoms with E-state index >= 15 is 0 Å². The van der Waals surface area contributed by atoms with Crippen molar-refractivity contribution >= 4 is 5.91 Å². The Balaban J connectivity index is 1.35. The molecule has 1 heterocycles. The van der Waals surface area contributed by atoms with Gasteiger partial charge in [-0.1, -0.05) is 12.1 Å². The number of nitrogens with zero attached hydrogens (tertiary/aromatic N) is 1. The summed E-state index contributed by atoms with van der Waals surface area (Å²) < 4.78 is 55.7.